The van der Waals surface area contributed by atoms with Crippen molar-refractivity contribution in [2.75, 3.05) is 11.9 Å². The molecule has 5 heteroatoms. The van der Waals surface area contributed by atoms with E-state index in [-0.39, 0.29) is 5.78 Å². The topological polar surface area (TPSA) is 59.3 Å². The molecule has 32 heavy (non-hydrogen) atoms. The highest BCUT2D eigenvalue weighted by atomic mass is 16.1. The number of Topliss-reactive ketones (excluding diaryl/α,β-unsaturated/α-hetero) is 1. The number of hydrogen-bond donors (Lipinski definition) is 1. The van der Waals surface area contributed by atoms with E-state index in [0.29, 0.717) is 18.3 Å². The maximum Gasteiger partial charge on any atom is 0.180 e. The van der Waals surface area contributed by atoms with Gasteiger partial charge in [-0.25, -0.2) is 9.97 Å². The molecular weight excluding hydrogens is 396 g/mol. The predicted octanol–water partition coefficient (Wildman–Crippen LogP) is 6.11. The number of nitrogens with zero attached hydrogens (tertiary/aromatic N) is 3. The van der Waals surface area contributed by atoms with Crippen molar-refractivity contribution in [3.8, 4) is 22.5 Å². The summed E-state index contributed by atoms with van der Waals surface area (Å²) in [6, 6.07) is 18.1. The highest BCUT2D eigenvalue weighted by Gasteiger charge is 2.25. The molecule has 0 saturated heterocycles. The van der Waals surface area contributed by atoms with Gasteiger partial charge < -0.3 is 5.32 Å². The van der Waals surface area contributed by atoms with Gasteiger partial charge >= 0.3 is 0 Å². The van der Waals surface area contributed by atoms with Gasteiger partial charge in [-0.2, -0.15) is 0 Å². The number of fused-ring (bicyclic) bond motifs is 1. The van der Waals surface area contributed by atoms with Gasteiger partial charge in [0, 0.05) is 35.9 Å². The maximum absolute atomic E-state index is 12.4. The van der Waals surface area contributed by atoms with Crippen molar-refractivity contribution in [3.63, 3.8) is 0 Å². The van der Waals surface area contributed by atoms with E-state index < -0.39 is 0 Å². The molecule has 162 valence electrons. The van der Waals surface area contributed by atoms with Crippen molar-refractivity contribution in [2.24, 2.45) is 11.8 Å². The van der Waals surface area contributed by atoms with E-state index in [1.54, 1.807) is 0 Å². The average Bonchev–Trinajstić information content (AvgIpc) is 3.53. The number of ketones is 1. The molecule has 0 bridgehead atoms. The largest absolute Gasteiger partial charge is 0.367 e. The monoisotopic (exact) mass is 424 g/mol. The number of rotatable bonds is 8. The fraction of sp³-hybridized carbons (Fsp3) is 0.296. The van der Waals surface area contributed by atoms with Crippen molar-refractivity contribution in [1.29, 1.82) is 0 Å². The third kappa shape index (κ3) is 4.28. The number of benzene rings is 2. The zero-order chi connectivity index (χ0) is 22.1. The first-order chi connectivity index (χ1) is 15.6. The summed E-state index contributed by atoms with van der Waals surface area (Å²) in [4.78, 5) is 22.0. The SMILES string of the molecule is CC(C)CNc1nc(-c2ccccc2)cn2c(-c3ccc(C(=O)CC4CC4)cc3)cnc12. The summed E-state index contributed by atoms with van der Waals surface area (Å²) in [6.45, 7) is 5.17. The molecule has 0 atom stereocenters. The molecule has 5 nitrogen and oxygen atoms in total. The van der Waals surface area contributed by atoms with Crippen LogP contribution >= 0.6 is 0 Å². The van der Waals surface area contributed by atoms with Crippen molar-refractivity contribution >= 4 is 17.2 Å². The van der Waals surface area contributed by atoms with Crippen LogP contribution in [0.15, 0.2) is 67.0 Å². The Labute approximate surface area is 188 Å². The van der Waals surface area contributed by atoms with Gasteiger partial charge in [-0.3, -0.25) is 9.20 Å². The molecule has 5 rings (SSSR count). The first-order valence-corrected chi connectivity index (χ1v) is 11.4. The normalized spacial score (nSPS) is 13.6. The molecular formula is C27H28N4O. The molecule has 0 radical (unpaired) electrons. The quantitative estimate of drug-likeness (QED) is 0.347. The first-order valence-electron chi connectivity index (χ1n) is 11.4. The number of hydrogen-bond acceptors (Lipinski definition) is 4. The smallest absolute Gasteiger partial charge is 0.180 e. The fourth-order valence-corrected chi connectivity index (χ4v) is 3.90. The van der Waals surface area contributed by atoms with Crippen LogP contribution in [-0.2, 0) is 0 Å². The Kier molecular flexibility index (Phi) is 5.48. The van der Waals surface area contributed by atoms with E-state index in [2.05, 4.69) is 40.7 Å². The van der Waals surface area contributed by atoms with Crippen LogP contribution < -0.4 is 5.32 Å². The number of nitrogens with one attached hydrogen (secondary N) is 1. The Bertz CT molecular complexity index is 1240. The molecule has 2 aromatic heterocycles. The van der Waals surface area contributed by atoms with Gasteiger partial charge in [-0.05, 0) is 24.7 Å². The molecule has 2 heterocycles. The highest BCUT2D eigenvalue weighted by Crippen LogP contribution is 2.34. The third-order valence-corrected chi connectivity index (χ3v) is 5.91. The van der Waals surface area contributed by atoms with Crippen LogP contribution in [0, 0.1) is 11.8 Å². The van der Waals surface area contributed by atoms with E-state index in [0.717, 1.165) is 46.1 Å². The van der Waals surface area contributed by atoms with Crippen LogP contribution in [0.3, 0.4) is 0 Å². The van der Waals surface area contributed by atoms with E-state index in [9.17, 15) is 4.79 Å². The number of carbonyl (C=O) groups excluding carboxylic acids is 1. The Hall–Kier alpha value is -3.47. The lowest BCUT2D eigenvalue weighted by Gasteiger charge is -2.12. The minimum atomic E-state index is 0.243. The minimum absolute atomic E-state index is 0.243. The lowest BCUT2D eigenvalue weighted by Crippen LogP contribution is -2.11. The van der Waals surface area contributed by atoms with Gasteiger partial charge in [0.15, 0.2) is 17.2 Å². The second kappa shape index (κ2) is 8.58. The van der Waals surface area contributed by atoms with Gasteiger partial charge in [0.1, 0.15) is 0 Å². The van der Waals surface area contributed by atoms with Crippen LogP contribution in [0.4, 0.5) is 5.82 Å². The summed E-state index contributed by atoms with van der Waals surface area (Å²) >= 11 is 0. The summed E-state index contributed by atoms with van der Waals surface area (Å²) in [6.07, 6.45) is 6.98. The maximum atomic E-state index is 12.4. The summed E-state index contributed by atoms with van der Waals surface area (Å²) in [7, 11) is 0. The molecule has 1 saturated carbocycles. The Morgan fingerprint density at radius 2 is 1.81 bits per heavy atom. The zero-order valence-corrected chi connectivity index (χ0v) is 18.6. The van der Waals surface area contributed by atoms with Gasteiger partial charge in [-0.15, -0.1) is 0 Å². The molecule has 0 unspecified atom stereocenters. The lowest BCUT2D eigenvalue weighted by atomic mass is 10.0. The van der Waals surface area contributed by atoms with Crippen molar-refractivity contribution in [2.45, 2.75) is 33.1 Å². The van der Waals surface area contributed by atoms with Gasteiger partial charge in [-0.1, -0.05) is 68.4 Å². The van der Waals surface area contributed by atoms with Crippen LogP contribution in [0.25, 0.3) is 28.2 Å². The lowest BCUT2D eigenvalue weighted by molar-refractivity contribution is 0.0976. The molecule has 1 N–H and O–H groups in total. The summed E-state index contributed by atoms with van der Waals surface area (Å²) in [5.41, 5.74) is 5.55. The zero-order valence-electron chi connectivity index (χ0n) is 18.6. The van der Waals surface area contributed by atoms with Crippen molar-refractivity contribution in [1.82, 2.24) is 14.4 Å². The predicted molar refractivity (Wildman–Crippen MR) is 129 cm³/mol. The fourth-order valence-electron chi connectivity index (χ4n) is 3.90. The van der Waals surface area contributed by atoms with Crippen LogP contribution in [0.1, 0.15) is 43.5 Å². The van der Waals surface area contributed by atoms with Crippen LogP contribution in [0.5, 0.6) is 0 Å². The van der Waals surface area contributed by atoms with E-state index in [4.69, 9.17) is 4.98 Å². The molecule has 1 aliphatic carbocycles. The summed E-state index contributed by atoms with van der Waals surface area (Å²) < 4.78 is 2.10. The Morgan fingerprint density at radius 1 is 1.06 bits per heavy atom. The average molecular weight is 425 g/mol. The molecule has 1 fully saturated rings. The standard InChI is InChI=1S/C27H28N4O/c1-18(2)15-28-26-27-29-16-24(31(27)17-23(30-26)20-6-4-3-5-7-20)21-10-12-22(13-11-21)25(32)14-19-8-9-19/h3-7,10-13,16-19H,8-9,14-15H2,1-2H3,(H,28,30). The number of carbonyl (C=O) groups is 1. The molecule has 1 aliphatic rings. The highest BCUT2D eigenvalue weighted by molar-refractivity contribution is 5.96. The molecule has 4 aromatic rings. The second-order valence-corrected chi connectivity index (χ2v) is 9.10. The van der Waals surface area contributed by atoms with Gasteiger partial charge in [0.25, 0.3) is 0 Å². The van der Waals surface area contributed by atoms with Gasteiger partial charge in [0.2, 0.25) is 0 Å². The third-order valence-electron chi connectivity index (χ3n) is 5.91. The Morgan fingerprint density at radius 3 is 2.50 bits per heavy atom. The minimum Gasteiger partial charge on any atom is -0.367 e. The molecule has 2 aromatic carbocycles. The van der Waals surface area contributed by atoms with Crippen molar-refractivity contribution < 1.29 is 4.79 Å². The molecule has 0 aliphatic heterocycles. The van der Waals surface area contributed by atoms with E-state index in [1.165, 1.54) is 12.8 Å². The number of anilines is 1. The second-order valence-electron chi connectivity index (χ2n) is 9.10. The number of imidazole rings is 1. The van der Waals surface area contributed by atoms with Gasteiger partial charge in [0.05, 0.1) is 17.6 Å². The Balaban J connectivity index is 1.54. The summed E-state index contributed by atoms with van der Waals surface area (Å²) in [5, 5.41) is 3.47. The first kappa shape index (κ1) is 20.4. The van der Waals surface area contributed by atoms with Crippen LogP contribution in [-0.4, -0.2) is 26.7 Å². The van der Waals surface area contributed by atoms with E-state index >= 15 is 0 Å². The van der Waals surface area contributed by atoms with E-state index in [1.807, 2.05) is 54.9 Å². The van der Waals surface area contributed by atoms with Crippen molar-refractivity contribution in [3.05, 3.63) is 72.6 Å². The van der Waals surface area contributed by atoms with Crippen LogP contribution in [0.2, 0.25) is 0 Å². The summed E-state index contributed by atoms with van der Waals surface area (Å²) in [5.74, 6) is 2.12. The molecule has 0 spiro atoms. The molecule has 0 amide bonds. The number of aromatic nitrogens is 3.